The second kappa shape index (κ2) is 3.64. The van der Waals surface area contributed by atoms with Crippen molar-refractivity contribution in [2.45, 2.75) is 18.4 Å². The Hall–Kier alpha value is -0.990. The minimum atomic E-state index is -5.77. The Morgan fingerprint density at radius 1 is 1.07 bits per heavy atom. The van der Waals surface area contributed by atoms with Crippen LogP contribution in [0.15, 0.2) is 0 Å². The Morgan fingerprint density at radius 3 is 1.43 bits per heavy atom. The first kappa shape index (κ1) is 13.0. The molecule has 1 atom stereocenters. The molecule has 0 fully saturated rings. The van der Waals surface area contributed by atoms with E-state index >= 15 is 0 Å². The van der Waals surface area contributed by atoms with Crippen molar-refractivity contribution in [1.29, 1.82) is 0 Å². The number of carboxylic acids is 1. The molecule has 0 radical (unpaired) electrons. The lowest BCUT2D eigenvalue weighted by Gasteiger charge is -2.28. The van der Waals surface area contributed by atoms with Crippen molar-refractivity contribution in [2.24, 2.45) is 11.7 Å². The third-order valence-electron chi connectivity index (χ3n) is 1.34. The van der Waals surface area contributed by atoms with Crippen molar-refractivity contribution in [3.05, 3.63) is 0 Å². The Balaban J connectivity index is 5.03. The molecule has 3 nitrogen and oxygen atoms in total. The zero-order valence-electron chi connectivity index (χ0n) is 6.32. The maximum absolute atomic E-state index is 11.7. The highest BCUT2D eigenvalue weighted by molar-refractivity contribution is 5.71. The maximum atomic E-state index is 11.7. The Morgan fingerprint density at radius 2 is 1.36 bits per heavy atom. The van der Waals surface area contributed by atoms with Gasteiger partial charge in [-0.3, -0.25) is 0 Å². The molecule has 0 bridgehead atoms. The second-order valence-electron chi connectivity index (χ2n) is 2.41. The zero-order chi connectivity index (χ0) is 11.7. The lowest BCUT2D eigenvalue weighted by molar-refractivity contribution is -0.329. The molecule has 0 rings (SSSR count). The van der Waals surface area contributed by atoms with E-state index in [1.54, 1.807) is 0 Å². The standard InChI is InChI=1S/C5H5F6NO2/c6-4(7,8)2(5(9,10)11)1(12)3(13)14/h1-2H,12H2,(H,13,14)/p-1/t1-/m0/s1. The lowest BCUT2D eigenvalue weighted by Crippen LogP contribution is -2.56. The molecular formula is C5H4F6NO2-. The number of carbonyl (C=O) groups is 1. The normalized spacial score (nSPS) is 15.7. The predicted molar refractivity (Wildman–Crippen MR) is 28.6 cm³/mol. The molecule has 0 aliphatic heterocycles. The third kappa shape index (κ3) is 3.05. The molecule has 0 heterocycles. The summed E-state index contributed by atoms with van der Waals surface area (Å²) in [4.78, 5) is 9.80. The fourth-order valence-electron chi connectivity index (χ4n) is 0.729. The molecular weight excluding hydrogens is 220 g/mol. The highest BCUT2D eigenvalue weighted by Gasteiger charge is 2.59. The van der Waals surface area contributed by atoms with Gasteiger partial charge in [-0.15, -0.1) is 0 Å². The van der Waals surface area contributed by atoms with E-state index in [1.807, 2.05) is 0 Å². The highest BCUT2D eigenvalue weighted by Crippen LogP contribution is 2.40. The van der Waals surface area contributed by atoms with E-state index in [-0.39, 0.29) is 0 Å². The number of alkyl halides is 6. The lowest BCUT2D eigenvalue weighted by atomic mass is 9.99. The summed E-state index contributed by atoms with van der Waals surface area (Å²) in [7, 11) is 0. The first-order chi connectivity index (χ1) is 5.98. The van der Waals surface area contributed by atoms with Crippen molar-refractivity contribution in [3.8, 4) is 0 Å². The SMILES string of the molecule is N[C@H](C(=O)[O-])C(C(F)(F)F)C(F)(F)F. The van der Waals surface area contributed by atoms with Gasteiger partial charge in [-0.1, -0.05) is 0 Å². The van der Waals surface area contributed by atoms with Crippen molar-refractivity contribution in [1.82, 2.24) is 0 Å². The fraction of sp³-hybridized carbons (Fsp3) is 0.800. The molecule has 9 heteroatoms. The van der Waals surface area contributed by atoms with E-state index in [0.717, 1.165) is 0 Å². The Kier molecular flexibility index (Phi) is 3.38. The van der Waals surface area contributed by atoms with Crippen LogP contribution in [-0.4, -0.2) is 24.4 Å². The Bertz CT molecular complexity index is 207. The van der Waals surface area contributed by atoms with Crippen LogP contribution in [0.3, 0.4) is 0 Å². The van der Waals surface area contributed by atoms with E-state index in [1.165, 1.54) is 0 Å². The minimum Gasteiger partial charge on any atom is -0.548 e. The van der Waals surface area contributed by atoms with Gasteiger partial charge in [0.05, 0.1) is 12.0 Å². The van der Waals surface area contributed by atoms with Crippen molar-refractivity contribution in [2.75, 3.05) is 0 Å². The minimum absolute atomic E-state index is 2.61. The molecule has 0 aromatic rings. The summed E-state index contributed by atoms with van der Waals surface area (Å²) < 4.78 is 70.4. The molecule has 0 aliphatic carbocycles. The van der Waals surface area contributed by atoms with Gasteiger partial charge in [-0.2, -0.15) is 26.3 Å². The van der Waals surface area contributed by atoms with Crippen LogP contribution in [0.25, 0.3) is 0 Å². The largest absolute Gasteiger partial charge is 0.548 e. The number of aliphatic carboxylic acids is 1. The number of carboxylic acid groups (broad SMARTS) is 1. The van der Waals surface area contributed by atoms with Crippen molar-refractivity contribution < 1.29 is 36.2 Å². The number of nitrogens with two attached hydrogens (primary N) is 1. The molecule has 0 amide bonds. The van der Waals surface area contributed by atoms with Gasteiger partial charge in [0.2, 0.25) is 0 Å². The van der Waals surface area contributed by atoms with Gasteiger partial charge in [-0.25, -0.2) is 0 Å². The summed E-state index contributed by atoms with van der Waals surface area (Å²) in [6.45, 7) is 0. The van der Waals surface area contributed by atoms with Gasteiger partial charge >= 0.3 is 12.4 Å². The summed E-state index contributed by atoms with van der Waals surface area (Å²) in [5.74, 6) is -6.72. The molecule has 84 valence electrons. The number of hydrogen-bond donors (Lipinski definition) is 1. The molecule has 0 unspecified atom stereocenters. The molecule has 0 aromatic carbocycles. The molecule has 14 heavy (non-hydrogen) atoms. The smallest absolute Gasteiger partial charge is 0.402 e. The van der Waals surface area contributed by atoms with Crippen molar-refractivity contribution >= 4 is 5.97 Å². The molecule has 0 saturated carbocycles. The van der Waals surface area contributed by atoms with Crippen LogP contribution < -0.4 is 10.8 Å². The molecule has 0 spiro atoms. The molecule has 2 N–H and O–H groups in total. The maximum Gasteiger partial charge on any atom is 0.402 e. The summed E-state index contributed by atoms with van der Waals surface area (Å²) in [6.07, 6.45) is -11.5. The average molecular weight is 224 g/mol. The van der Waals surface area contributed by atoms with Crippen LogP contribution in [-0.2, 0) is 4.79 Å². The number of carbonyl (C=O) groups excluding carboxylic acids is 1. The average Bonchev–Trinajstić information content (AvgIpc) is 1.79. The highest BCUT2D eigenvalue weighted by atomic mass is 19.4. The van der Waals surface area contributed by atoms with Crippen molar-refractivity contribution in [3.63, 3.8) is 0 Å². The monoisotopic (exact) mass is 224 g/mol. The van der Waals surface area contributed by atoms with Gasteiger partial charge < -0.3 is 15.6 Å². The van der Waals surface area contributed by atoms with E-state index in [0.29, 0.717) is 0 Å². The van der Waals surface area contributed by atoms with Crippen LogP contribution >= 0.6 is 0 Å². The number of rotatable bonds is 2. The summed E-state index contributed by atoms with van der Waals surface area (Å²) in [5.41, 5.74) is 4.23. The third-order valence-corrected chi connectivity index (χ3v) is 1.34. The summed E-state index contributed by atoms with van der Waals surface area (Å²) >= 11 is 0. The predicted octanol–water partition coefficient (Wildman–Crippen LogP) is -0.196. The van der Waals surface area contributed by atoms with E-state index in [4.69, 9.17) is 0 Å². The van der Waals surface area contributed by atoms with Gasteiger partial charge in [0.1, 0.15) is 0 Å². The fourth-order valence-corrected chi connectivity index (χ4v) is 0.729. The van der Waals surface area contributed by atoms with E-state index < -0.39 is 30.3 Å². The first-order valence-electron chi connectivity index (χ1n) is 3.07. The van der Waals surface area contributed by atoms with Gasteiger partial charge in [-0.05, 0) is 0 Å². The van der Waals surface area contributed by atoms with Crippen LogP contribution in [0.5, 0.6) is 0 Å². The number of halogens is 6. The Labute approximate surface area is 73.5 Å². The molecule has 0 aromatic heterocycles. The number of hydrogen-bond acceptors (Lipinski definition) is 3. The van der Waals surface area contributed by atoms with Crippen LogP contribution in [0, 0.1) is 5.92 Å². The van der Waals surface area contributed by atoms with Gasteiger partial charge in [0.25, 0.3) is 0 Å². The second-order valence-corrected chi connectivity index (χ2v) is 2.41. The zero-order valence-corrected chi connectivity index (χ0v) is 6.32. The molecule has 0 saturated heterocycles. The summed E-state index contributed by atoms with van der Waals surface area (Å²) in [6, 6.07) is -3.16. The van der Waals surface area contributed by atoms with E-state index in [2.05, 4.69) is 5.73 Å². The first-order valence-corrected chi connectivity index (χ1v) is 3.07. The molecule has 0 aliphatic rings. The van der Waals surface area contributed by atoms with Gasteiger partial charge in [0.15, 0.2) is 5.92 Å². The van der Waals surface area contributed by atoms with Crippen LogP contribution in [0.4, 0.5) is 26.3 Å². The van der Waals surface area contributed by atoms with E-state index in [9.17, 15) is 36.2 Å². The van der Waals surface area contributed by atoms with Gasteiger partial charge in [0, 0.05) is 0 Å². The van der Waals surface area contributed by atoms with Crippen LogP contribution in [0.2, 0.25) is 0 Å². The summed E-state index contributed by atoms with van der Waals surface area (Å²) in [5, 5.41) is 9.80. The quantitative estimate of drug-likeness (QED) is 0.661. The topological polar surface area (TPSA) is 66.2 Å². The van der Waals surface area contributed by atoms with Crippen LogP contribution in [0.1, 0.15) is 0 Å².